The number of ketones is 1. The second kappa shape index (κ2) is 5.48. The van der Waals surface area contributed by atoms with Gasteiger partial charge in [-0.05, 0) is 30.3 Å². The molecule has 0 fully saturated rings. The van der Waals surface area contributed by atoms with Gasteiger partial charge in [0.15, 0.2) is 5.78 Å². The highest BCUT2D eigenvalue weighted by molar-refractivity contribution is 9.10. The van der Waals surface area contributed by atoms with Crippen LogP contribution in [-0.2, 0) is 7.05 Å². The number of hydrogen-bond donors (Lipinski definition) is 0. The molecule has 0 N–H and O–H groups in total. The van der Waals surface area contributed by atoms with Crippen LogP contribution in [0.5, 0.6) is 0 Å². The second-order valence-electron chi connectivity index (χ2n) is 4.77. The summed E-state index contributed by atoms with van der Waals surface area (Å²) in [4.78, 5) is 12.7. The van der Waals surface area contributed by atoms with Gasteiger partial charge in [-0.3, -0.25) is 4.79 Å². The van der Waals surface area contributed by atoms with Gasteiger partial charge in [-0.25, -0.2) is 0 Å². The normalized spacial score (nSPS) is 11.0. The maximum atomic E-state index is 12.7. The molecule has 2 aromatic carbocycles. The maximum absolute atomic E-state index is 12.7. The van der Waals surface area contributed by atoms with Crippen molar-refractivity contribution < 1.29 is 4.79 Å². The monoisotopic (exact) mass is 381 g/mol. The summed E-state index contributed by atoms with van der Waals surface area (Å²) in [6.07, 6.45) is 1.81. The average Bonchev–Trinajstić information content (AvgIpc) is 2.75. The molecule has 0 atom stereocenters. The molecule has 1 aromatic heterocycles. The van der Waals surface area contributed by atoms with Gasteiger partial charge in [0, 0.05) is 44.8 Å². The summed E-state index contributed by atoms with van der Waals surface area (Å²) in [6, 6.07) is 10.7. The van der Waals surface area contributed by atoms with Gasteiger partial charge in [0.05, 0.1) is 5.02 Å². The lowest BCUT2D eigenvalue weighted by molar-refractivity contribution is 0.104. The van der Waals surface area contributed by atoms with Crippen LogP contribution in [0.3, 0.4) is 0 Å². The Labute approximate surface area is 140 Å². The number of carbonyl (C=O) groups is 1. The highest BCUT2D eigenvalue weighted by Gasteiger charge is 2.18. The van der Waals surface area contributed by atoms with Gasteiger partial charge in [-0.2, -0.15) is 0 Å². The van der Waals surface area contributed by atoms with Crippen LogP contribution >= 0.6 is 39.1 Å². The van der Waals surface area contributed by atoms with Crippen LogP contribution in [0.2, 0.25) is 10.0 Å². The number of hydrogen-bond acceptors (Lipinski definition) is 1. The minimum Gasteiger partial charge on any atom is -0.350 e. The van der Waals surface area contributed by atoms with E-state index >= 15 is 0 Å². The van der Waals surface area contributed by atoms with E-state index in [1.807, 2.05) is 29.9 Å². The number of aromatic nitrogens is 1. The van der Waals surface area contributed by atoms with Gasteiger partial charge < -0.3 is 4.57 Å². The molecule has 0 aliphatic rings. The molecule has 5 heteroatoms. The molecule has 0 saturated heterocycles. The fourth-order valence-electron chi connectivity index (χ4n) is 2.36. The van der Waals surface area contributed by atoms with Gasteiger partial charge in [-0.15, -0.1) is 0 Å². The first-order chi connectivity index (χ1) is 9.97. The Hall–Kier alpha value is -1.29. The third kappa shape index (κ3) is 2.61. The molecule has 0 aliphatic carbocycles. The van der Waals surface area contributed by atoms with Gasteiger partial charge in [-0.1, -0.05) is 45.2 Å². The molecule has 0 aliphatic heterocycles. The van der Waals surface area contributed by atoms with Crippen molar-refractivity contribution in [2.45, 2.75) is 0 Å². The van der Waals surface area contributed by atoms with Crippen molar-refractivity contribution in [3.05, 3.63) is 68.2 Å². The summed E-state index contributed by atoms with van der Waals surface area (Å²) in [7, 11) is 1.89. The van der Waals surface area contributed by atoms with E-state index in [1.54, 1.807) is 24.3 Å². The molecule has 0 spiro atoms. The number of carbonyl (C=O) groups excluding carboxylic acids is 1. The molecule has 106 valence electrons. The first kappa shape index (κ1) is 14.6. The van der Waals surface area contributed by atoms with Crippen molar-refractivity contribution in [2.24, 2.45) is 7.05 Å². The zero-order valence-electron chi connectivity index (χ0n) is 11.0. The Bertz CT molecular complexity index is 870. The number of rotatable bonds is 2. The smallest absolute Gasteiger partial charge is 0.196 e. The molecule has 0 unspecified atom stereocenters. The van der Waals surface area contributed by atoms with E-state index < -0.39 is 0 Å². The number of nitrogens with zero attached hydrogens (tertiary/aromatic N) is 1. The van der Waals surface area contributed by atoms with E-state index in [4.69, 9.17) is 23.2 Å². The standard InChI is InChI=1S/C16H10BrCl2NO/c1-20-8-13(11-5-3-10(18)7-15(11)20)16(21)12-4-2-9(17)6-14(12)19/h2-8H,1H3. The van der Waals surface area contributed by atoms with E-state index in [9.17, 15) is 4.79 Å². The third-order valence-corrected chi connectivity index (χ3v) is 4.41. The number of aryl methyl sites for hydroxylation is 1. The second-order valence-corrected chi connectivity index (χ2v) is 6.53. The molecule has 0 amide bonds. The van der Waals surface area contributed by atoms with E-state index in [1.165, 1.54) is 0 Å². The summed E-state index contributed by atoms with van der Waals surface area (Å²) in [5.41, 5.74) is 2.02. The number of fused-ring (bicyclic) bond motifs is 1. The van der Waals surface area contributed by atoms with Crippen LogP contribution in [0.4, 0.5) is 0 Å². The summed E-state index contributed by atoms with van der Waals surface area (Å²) < 4.78 is 2.73. The Kier molecular flexibility index (Phi) is 3.82. The summed E-state index contributed by atoms with van der Waals surface area (Å²) in [5, 5.41) is 1.94. The molecule has 3 aromatic rings. The van der Waals surface area contributed by atoms with Crippen LogP contribution in [0, 0.1) is 0 Å². The fourth-order valence-corrected chi connectivity index (χ4v) is 3.28. The molecule has 0 bridgehead atoms. The van der Waals surface area contributed by atoms with Gasteiger partial charge in [0.25, 0.3) is 0 Å². The van der Waals surface area contributed by atoms with E-state index in [0.29, 0.717) is 21.2 Å². The predicted molar refractivity (Wildman–Crippen MR) is 90.5 cm³/mol. The van der Waals surface area contributed by atoms with Crippen LogP contribution in [0.25, 0.3) is 10.9 Å². The Balaban J connectivity index is 2.18. The lowest BCUT2D eigenvalue weighted by atomic mass is 10.0. The molecular weight excluding hydrogens is 373 g/mol. The largest absolute Gasteiger partial charge is 0.350 e. The highest BCUT2D eigenvalue weighted by atomic mass is 79.9. The minimum atomic E-state index is -0.0968. The summed E-state index contributed by atoms with van der Waals surface area (Å²) in [6.45, 7) is 0. The quantitative estimate of drug-likeness (QED) is 0.538. The number of halogens is 3. The summed E-state index contributed by atoms with van der Waals surface area (Å²) in [5.74, 6) is -0.0968. The first-order valence-electron chi connectivity index (χ1n) is 6.21. The Morgan fingerprint density at radius 1 is 1.10 bits per heavy atom. The van der Waals surface area contributed by atoms with Crippen molar-refractivity contribution in [3.63, 3.8) is 0 Å². The lowest BCUT2D eigenvalue weighted by Crippen LogP contribution is -2.01. The Morgan fingerprint density at radius 3 is 2.57 bits per heavy atom. The molecule has 1 heterocycles. The summed E-state index contributed by atoms with van der Waals surface area (Å²) >= 11 is 15.5. The van der Waals surface area contributed by atoms with Crippen molar-refractivity contribution in [1.29, 1.82) is 0 Å². The van der Waals surface area contributed by atoms with Crippen LogP contribution in [0.15, 0.2) is 47.1 Å². The molecular formula is C16H10BrCl2NO. The molecule has 3 rings (SSSR count). The van der Waals surface area contributed by atoms with Gasteiger partial charge in [0.2, 0.25) is 0 Å². The van der Waals surface area contributed by atoms with Crippen molar-refractivity contribution >= 4 is 55.8 Å². The first-order valence-corrected chi connectivity index (χ1v) is 7.76. The van der Waals surface area contributed by atoms with Gasteiger partial charge in [0.1, 0.15) is 0 Å². The van der Waals surface area contributed by atoms with E-state index in [-0.39, 0.29) is 5.78 Å². The average molecular weight is 383 g/mol. The van der Waals surface area contributed by atoms with Crippen molar-refractivity contribution in [1.82, 2.24) is 4.57 Å². The van der Waals surface area contributed by atoms with Crippen LogP contribution in [-0.4, -0.2) is 10.4 Å². The van der Waals surface area contributed by atoms with Crippen molar-refractivity contribution in [3.8, 4) is 0 Å². The zero-order chi connectivity index (χ0) is 15.1. The van der Waals surface area contributed by atoms with E-state index in [2.05, 4.69) is 15.9 Å². The molecule has 0 radical (unpaired) electrons. The Morgan fingerprint density at radius 2 is 1.86 bits per heavy atom. The minimum absolute atomic E-state index is 0.0968. The SMILES string of the molecule is Cn1cc(C(=O)c2ccc(Br)cc2Cl)c2ccc(Cl)cc21. The number of benzene rings is 2. The fraction of sp³-hybridized carbons (Fsp3) is 0.0625. The highest BCUT2D eigenvalue weighted by Crippen LogP contribution is 2.29. The van der Waals surface area contributed by atoms with Crippen LogP contribution < -0.4 is 0 Å². The topological polar surface area (TPSA) is 22.0 Å². The maximum Gasteiger partial charge on any atom is 0.196 e. The molecule has 0 saturated carbocycles. The van der Waals surface area contributed by atoms with Gasteiger partial charge >= 0.3 is 0 Å². The predicted octanol–water partition coefficient (Wildman–Crippen LogP) is 5.48. The van der Waals surface area contributed by atoms with Crippen molar-refractivity contribution in [2.75, 3.05) is 0 Å². The molecule has 21 heavy (non-hydrogen) atoms. The third-order valence-electron chi connectivity index (χ3n) is 3.37. The zero-order valence-corrected chi connectivity index (χ0v) is 14.1. The lowest BCUT2D eigenvalue weighted by Gasteiger charge is -2.03. The van der Waals surface area contributed by atoms with Crippen LogP contribution in [0.1, 0.15) is 15.9 Å². The molecule has 2 nitrogen and oxygen atoms in total. The van der Waals surface area contributed by atoms with E-state index in [0.717, 1.165) is 15.4 Å².